The predicted molar refractivity (Wildman–Crippen MR) is 285 cm³/mol. The Kier molecular flexibility index (Phi) is 16.4. The number of carbonyl (C=O) groups is 4. The predicted octanol–water partition coefficient (Wildman–Crippen LogP) is 9.67. The van der Waals surface area contributed by atoms with Crippen molar-refractivity contribution in [1.82, 2.24) is 40.2 Å². The minimum Gasteiger partial charge on any atom is -0.481 e. The van der Waals surface area contributed by atoms with E-state index in [0.29, 0.717) is 30.6 Å². The Bertz CT molecular complexity index is 3340. The van der Waals surface area contributed by atoms with Gasteiger partial charge < -0.3 is 25.2 Å². The van der Waals surface area contributed by atoms with Gasteiger partial charge in [0.15, 0.2) is 0 Å². The van der Waals surface area contributed by atoms with Gasteiger partial charge in [0.1, 0.15) is 11.0 Å². The summed E-state index contributed by atoms with van der Waals surface area (Å²) in [5.74, 6) is -2.32. The number of carboxylic acid groups (broad SMARTS) is 2. The summed E-state index contributed by atoms with van der Waals surface area (Å²) in [4.78, 5) is 49.5. The minimum atomic E-state index is -0.875. The van der Waals surface area contributed by atoms with Crippen LogP contribution in [-0.2, 0) is 53.3 Å². The van der Waals surface area contributed by atoms with Crippen LogP contribution in [0.5, 0.6) is 0 Å². The number of aromatic nitrogens is 6. The fourth-order valence-electron chi connectivity index (χ4n) is 10.1. The molecule has 382 valence electrons. The molecule has 2 aromatic heterocycles. The van der Waals surface area contributed by atoms with Crippen LogP contribution in [0.4, 0.5) is 0 Å². The average Bonchev–Trinajstić information content (AvgIpc) is 4.05. The number of aliphatic carboxylic acids is 1. The number of hydrogen-bond acceptors (Lipinski definition) is 10. The zero-order valence-corrected chi connectivity index (χ0v) is 43.2. The lowest BCUT2D eigenvalue weighted by molar-refractivity contribution is -0.141. The molecule has 15 heteroatoms. The lowest BCUT2D eigenvalue weighted by atomic mass is 9.83. The maximum absolute atomic E-state index is 13.1. The Balaban J connectivity index is 0.000000169. The van der Waals surface area contributed by atoms with Crippen LogP contribution in [0.2, 0.25) is 0 Å². The van der Waals surface area contributed by atoms with Crippen molar-refractivity contribution in [2.24, 2.45) is 0 Å². The number of hydrogen-bond donors (Lipinski definition) is 3. The fourth-order valence-corrected chi connectivity index (χ4v) is 10.1. The number of carbonyl (C=O) groups excluding carboxylic acids is 2. The van der Waals surface area contributed by atoms with E-state index >= 15 is 0 Å². The van der Waals surface area contributed by atoms with Crippen LogP contribution in [0.3, 0.4) is 0 Å². The molecule has 2 aliphatic heterocycles. The molecule has 8 aromatic rings. The average molecular weight is 997 g/mol. The highest BCUT2D eigenvalue weighted by molar-refractivity contribution is 5.94. The van der Waals surface area contributed by atoms with E-state index in [1.165, 1.54) is 23.8 Å². The Labute approximate surface area is 431 Å². The van der Waals surface area contributed by atoms with E-state index in [4.69, 9.17) is 9.84 Å². The molecule has 15 nitrogen and oxygen atoms in total. The summed E-state index contributed by atoms with van der Waals surface area (Å²) in [6.45, 7) is 16.6. The first-order valence-corrected chi connectivity index (χ1v) is 25.2. The summed E-state index contributed by atoms with van der Waals surface area (Å²) in [6, 6.07) is 35.4. The molecule has 4 heterocycles. The molecule has 0 bridgehead atoms. The van der Waals surface area contributed by atoms with Crippen LogP contribution in [0.25, 0.3) is 22.1 Å². The summed E-state index contributed by atoms with van der Waals surface area (Å²) in [7, 11) is 1.44. The van der Waals surface area contributed by atoms with Gasteiger partial charge in [-0.05, 0) is 153 Å². The van der Waals surface area contributed by atoms with Crippen molar-refractivity contribution >= 4 is 45.9 Å². The van der Waals surface area contributed by atoms with Crippen LogP contribution in [0.1, 0.15) is 126 Å². The van der Waals surface area contributed by atoms with E-state index in [1.807, 2.05) is 84.4 Å². The Morgan fingerprint density at radius 3 is 1.65 bits per heavy atom. The molecule has 74 heavy (non-hydrogen) atoms. The van der Waals surface area contributed by atoms with Gasteiger partial charge in [-0.3, -0.25) is 14.4 Å². The molecule has 1 amide bonds. The van der Waals surface area contributed by atoms with E-state index in [1.54, 1.807) is 24.3 Å². The Hall–Kier alpha value is -8.04. The highest BCUT2D eigenvalue weighted by atomic mass is 16.5. The number of carboxylic acids is 2. The van der Waals surface area contributed by atoms with Gasteiger partial charge in [0.2, 0.25) is 0 Å². The van der Waals surface area contributed by atoms with E-state index in [2.05, 4.69) is 82.3 Å². The number of aromatic carboxylic acids is 1. The molecule has 2 aliphatic rings. The number of ether oxygens (including phenoxy) is 1. The second-order valence-electron chi connectivity index (χ2n) is 19.1. The van der Waals surface area contributed by atoms with Gasteiger partial charge in [0, 0.05) is 50.1 Å². The number of methoxy groups -OCH3 is 1. The van der Waals surface area contributed by atoms with Crippen molar-refractivity contribution in [3.05, 3.63) is 187 Å². The number of nitrogens with zero attached hydrogens (tertiary/aromatic N) is 7. The molecule has 0 fully saturated rings. The molecular weight excluding hydrogens is 933 g/mol. The van der Waals surface area contributed by atoms with E-state index in [-0.39, 0.29) is 30.1 Å². The molecule has 10 rings (SSSR count). The number of nitrogens with one attached hydrogen (secondary N) is 1. The highest BCUT2D eigenvalue weighted by Gasteiger charge is 2.27. The van der Waals surface area contributed by atoms with E-state index < -0.39 is 11.9 Å². The number of amides is 1. The molecule has 0 radical (unpaired) electrons. The smallest absolute Gasteiger partial charge is 0.335 e. The van der Waals surface area contributed by atoms with Crippen LogP contribution in [-0.4, -0.2) is 89.1 Å². The summed E-state index contributed by atoms with van der Waals surface area (Å²) in [5, 5.41) is 38.9. The maximum atomic E-state index is 13.1. The minimum absolute atomic E-state index is 0.0217. The van der Waals surface area contributed by atoms with Crippen LogP contribution < -0.4 is 5.32 Å². The summed E-state index contributed by atoms with van der Waals surface area (Å²) < 4.78 is 8.74. The molecule has 2 unspecified atom stereocenters. The first-order chi connectivity index (χ1) is 35.7. The van der Waals surface area contributed by atoms with E-state index in [9.17, 15) is 24.3 Å². The molecule has 6 aromatic carbocycles. The van der Waals surface area contributed by atoms with E-state index in [0.717, 1.165) is 111 Å². The van der Waals surface area contributed by atoms with Gasteiger partial charge in [-0.1, -0.05) is 94.4 Å². The van der Waals surface area contributed by atoms with Crippen LogP contribution in [0, 0.1) is 27.7 Å². The first kappa shape index (κ1) is 52.3. The number of rotatable bonds is 12. The largest absolute Gasteiger partial charge is 0.481 e. The highest BCUT2D eigenvalue weighted by Crippen LogP contribution is 2.37. The van der Waals surface area contributed by atoms with Gasteiger partial charge >= 0.3 is 17.9 Å². The lowest BCUT2D eigenvalue weighted by Crippen LogP contribution is -2.36. The number of aryl methyl sites for hydroxylation is 6. The Morgan fingerprint density at radius 2 is 1.14 bits per heavy atom. The normalized spacial score (nSPS) is 13.6. The van der Waals surface area contributed by atoms with Crippen LogP contribution >= 0.6 is 0 Å². The summed E-state index contributed by atoms with van der Waals surface area (Å²) in [6.07, 6.45) is 2.10. The summed E-state index contributed by atoms with van der Waals surface area (Å²) >= 11 is 0. The van der Waals surface area contributed by atoms with Gasteiger partial charge in [-0.2, -0.15) is 0 Å². The monoisotopic (exact) mass is 996 g/mol. The molecular formula is C59H64N8O7. The number of fused-ring (bicyclic) bond motifs is 4. The molecule has 0 saturated carbocycles. The van der Waals surface area contributed by atoms with Crippen LogP contribution in [0.15, 0.2) is 109 Å². The second-order valence-corrected chi connectivity index (χ2v) is 19.1. The molecule has 0 spiro atoms. The fraction of sp³-hybridized carbons (Fsp3) is 0.322. The Morgan fingerprint density at radius 1 is 0.622 bits per heavy atom. The van der Waals surface area contributed by atoms with Crippen molar-refractivity contribution < 1.29 is 34.1 Å². The van der Waals surface area contributed by atoms with Crippen molar-refractivity contribution in [1.29, 1.82) is 0 Å². The quantitative estimate of drug-likeness (QED) is 0.0983. The van der Waals surface area contributed by atoms with Gasteiger partial charge in [-0.15, -0.1) is 10.2 Å². The number of esters is 1. The van der Waals surface area contributed by atoms with Crippen molar-refractivity contribution in [3.63, 3.8) is 0 Å². The lowest BCUT2D eigenvalue weighted by Gasteiger charge is -2.30. The second kappa shape index (κ2) is 23.2. The molecule has 2 atom stereocenters. The summed E-state index contributed by atoms with van der Waals surface area (Å²) in [5.41, 5.74) is 18.0. The molecule has 3 N–H and O–H groups in total. The van der Waals surface area contributed by atoms with Crippen molar-refractivity contribution in [2.45, 2.75) is 105 Å². The van der Waals surface area contributed by atoms with Crippen molar-refractivity contribution in [2.75, 3.05) is 20.2 Å². The SMILES string of the molecule is CCn1nnc2c(C)c(C(CC(=O)O)c3ccc4c(c3)CN(C(=O)c3ccc(C)cc3)CC4)ccc21.CCn1nnc2c(C)c(C(CC(=O)OC)c3ccc4c(c3)CNCC4)ccc21.Cc1ccc(C(=O)O)cc1. The van der Waals surface area contributed by atoms with Gasteiger partial charge in [0.25, 0.3) is 5.91 Å². The zero-order valence-electron chi connectivity index (χ0n) is 43.2. The molecule has 0 aliphatic carbocycles. The topological polar surface area (TPSA) is 195 Å². The van der Waals surface area contributed by atoms with Crippen molar-refractivity contribution in [3.8, 4) is 0 Å². The standard InChI is InChI=1S/C29H30N4O3.C22H26N4O2.C8H8O2/c1-4-33-26-12-11-24(19(3)28(26)30-31-33)25(16-27(34)35)22-10-9-20-13-14-32(17-23(20)15-22)29(36)21-7-5-18(2)6-8-21;1-4-26-20-8-7-18(14(2)22(20)24-25-26)19(12-21(27)28-3)16-6-5-15-9-10-23-13-17(15)11-16;1-6-2-4-7(5-3-6)8(9)10/h5-12,15,25H,4,13-14,16-17H2,1-3H3,(H,34,35);5-8,11,19,23H,4,9-10,12-13H2,1-3H3;2-5H,1H3,(H,9,10). The third-order valence-corrected chi connectivity index (χ3v) is 14.3. The van der Waals surface area contributed by atoms with Gasteiger partial charge in [-0.25, -0.2) is 14.2 Å². The number of benzene rings is 6. The third-order valence-electron chi connectivity index (χ3n) is 14.3. The van der Waals surface area contributed by atoms with Gasteiger partial charge in [0.05, 0.1) is 36.5 Å². The third kappa shape index (κ3) is 11.6. The first-order valence-electron chi connectivity index (χ1n) is 25.2. The zero-order chi connectivity index (χ0) is 52.6. The molecule has 0 saturated heterocycles. The maximum Gasteiger partial charge on any atom is 0.335 e.